The van der Waals surface area contributed by atoms with Crippen LogP contribution < -0.4 is 10.2 Å². The summed E-state index contributed by atoms with van der Waals surface area (Å²) < 4.78 is 2.12. The fraction of sp³-hybridized carbons (Fsp3) is 0.348. The summed E-state index contributed by atoms with van der Waals surface area (Å²) in [4.78, 5) is 14.1. The first-order chi connectivity index (χ1) is 15.3. The molecule has 9 heteroatoms. The van der Waals surface area contributed by atoms with Crippen LogP contribution in [0.15, 0.2) is 53.7 Å². The second-order valence-corrected chi connectivity index (χ2v) is 9.98. The number of halogens is 2. The predicted octanol–water partition coefficient (Wildman–Crippen LogP) is 4.35. The number of rotatable bonds is 9. The number of carbonyl (C=O) groups is 1. The number of hydrogen-bond acceptors (Lipinski definition) is 4. The van der Waals surface area contributed by atoms with Crippen molar-refractivity contribution >= 4 is 46.6 Å². The van der Waals surface area contributed by atoms with E-state index >= 15 is 0 Å². The summed E-state index contributed by atoms with van der Waals surface area (Å²) in [6.07, 6.45) is 0.934. The smallest absolute Gasteiger partial charge is 0.237 e. The van der Waals surface area contributed by atoms with Crippen molar-refractivity contribution < 1.29 is 9.69 Å². The minimum Gasteiger partial charge on any atom is -0.331 e. The van der Waals surface area contributed by atoms with Gasteiger partial charge in [0.1, 0.15) is 6.04 Å². The van der Waals surface area contributed by atoms with E-state index in [1.807, 2.05) is 25.1 Å². The highest BCUT2D eigenvalue weighted by atomic mass is 35.5. The maximum Gasteiger partial charge on any atom is 0.237 e. The molecule has 32 heavy (non-hydrogen) atoms. The fourth-order valence-electron chi connectivity index (χ4n) is 3.45. The van der Waals surface area contributed by atoms with E-state index in [0.29, 0.717) is 27.4 Å². The van der Waals surface area contributed by atoms with Gasteiger partial charge < -0.3 is 10.2 Å². The van der Waals surface area contributed by atoms with Crippen molar-refractivity contribution in [3.05, 3.63) is 70.0 Å². The van der Waals surface area contributed by atoms with Crippen molar-refractivity contribution in [3.63, 3.8) is 0 Å². The van der Waals surface area contributed by atoms with Crippen LogP contribution in [-0.4, -0.2) is 40.0 Å². The number of thioether (sulfide) groups is 1. The van der Waals surface area contributed by atoms with E-state index in [9.17, 15) is 4.79 Å². The Morgan fingerprint density at radius 2 is 1.88 bits per heavy atom. The van der Waals surface area contributed by atoms with E-state index in [-0.39, 0.29) is 11.9 Å². The van der Waals surface area contributed by atoms with Gasteiger partial charge in [-0.3, -0.25) is 9.36 Å². The van der Waals surface area contributed by atoms with E-state index in [2.05, 4.69) is 53.2 Å². The molecule has 0 aliphatic rings. The summed E-state index contributed by atoms with van der Waals surface area (Å²) in [5.41, 5.74) is 1.65. The summed E-state index contributed by atoms with van der Waals surface area (Å²) in [6, 6.07) is 15.4. The number of nitrogens with one attached hydrogen (secondary N) is 2. The van der Waals surface area contributed by atoms with Crippen molar-refractivity contribution in [2.75, 3.05) is 19.4 Å². The highest BCUT2D eigenvalue weighted by Gasteiger charge is 2.27. The van der Waals surface area contributed by atoms with Gasteiger partial charge in [0, 0.05) is 11.4 Å². The molecular formula is C23H28Cl2N5OS+. The molecule has 0 unspecified atom stereocenters. The van der Waals surface area contributed by atoms with Gasteiger partial charge in [0.25, 0.3) is 0 Å². The SMILES string of the molecule is CC[C@@H](c1nnc(S[C@@H](C)C(=O)Nc2cc(Cl)ccc2Cl)n1Cc1ccccc1)[NH+](C)C. The van der Waals surface area contributed by atoms with Crippen molar-refractivity contribution in [1.29, 1.82) is 0 Å². The number of amides is 1. The van der Waals surface area contributed by atoms with Gasteiger partial charge >= 0.3 is 0 Å². The van der Waals surface area contributed by atoms with Crippen LogP contribution in [0, 0.1) is 0 Å². The Labute approximate surface area is 203 Å². The van der Waals surface area contributed by atoms with Crippen molar-refractivity contribution in [2.45, 2.75) is 43.3 Å². The topological polar surface area (TPSA) is 64.2 Å². The molecule has 2 atom stereocenters. The molecule has 0 aliphatic carbocycles. The molecule has 0 bridgehead atoms. The van der Waals surface area contributed by atoms with Gasteiger partial charge in [0.2, 0.25) is 5.91 Å². The first-order valence-electron chi connectivity index (χ1n) is 10.5. The molecule has 170 valence electrons. The Morgan fingerprint density at radius 3 is 2.53 bits per heavy atom. The largest absolute Gasteiger partial charge is 0.331 e. The second-order valence-electron chi connectivity index (χ2n) is 7.82. The Morgan fingerprint density at radius 1 is 1.16 bits per heavy atom. The molecule has 0 spiro atoms. The number of nitrogens with zero attached hydrogens (tertiary/aromatic N) is 3. The van der Waals surface area contributed by atoms with Gasteiger partial charge in [-0.1, -0.05) is 72.2 Å². The van der Waals surface area contributed by atoms with Gasteiger partial charge in [-0.15, -0.1) is 10.2 Å². The van der Waals surface area contributed by atoms with Gasteiger partial charge in [-0.05, 0) is 30.7 Å². The molecule has 3 aromatic rings. The first-order valence-corrected chi connectivity index (χ1v) is 12.1. The molecule has 2 N–H and O–H groups in total. The van der Waals surface area contributed by atoms with Crippen molar-refractivity contribution in [3.8, 4) is 0 Å². The van der Waals surface area contributed by atoms with Gasteiger partial charge in [-0.25, -0.2) is 0 Å². The average Bonchev–Trinajstić information content (AvgIpc) is 3.13. The third-order valence-corrected chi connectivity index (χ3v) is 6.83. The summed E-state index contributed by atoms with van der Waals surface area (Å²) >= 11 is 13.6. The highest BCUT2D eigenvalue weighted by molar-refractivity contribution is 8.00. The number of carbonyl (C=O) groups excluding carboxylic acids is 1. The molecule has 0 aliphatic heterocycles. The molecule has 0 saturated carbocycles. The van der Waals surface area contributed by atoms with Crippen LogP contribution in [0.4, 0.5) is 5.69 Å². The molecule has 0 saturated heterocycles. The molecule has 1 aromatic heterocycles. The zero-order valence-corrected chi connectivity index (χ0v) is 20.9. The maximum atomic E-state index is 12.9. The Hall–Kier alpha value is -2.06. The molecule has 0 fully saturated rings. The van der Waals surface area contributed by atoms with Crippen LogP contribution >= 0.6 is 35.0 Å². The highest BCUT2D eigenvalue weighted by Crippen LogP contribution is 2.29. The second kappa shape index (κ2) is 11.2. The monoisotopic (exact) mass is 492 g/mol. The molecule has 0 radical (unpaired) electrons. The third-order valence-electron chi connectivity index (χ3n) is 5.18. The van der Waals surface area contributed by atoms with Crippen LogP contribution in [0.1, 0.15) is 37.7 Å². The number of quaternary nitrogens is 1. The quantitative estimate of drug-likeness (QED) is 0.435. The zero-order chi connectivity index (χ0) is 23.3. The molecular weight excluding hydrogens is 465 g/mol. The van der Waals surface area contributed by atoms with Crippen LogP contribution in [0.25, 0.3) is 0 Å². The molecule has 6 nitrogen and oxygen atoms in total. The van der Waals surface area contributed by atoms with Crippen LogP contribution in [0.3, 0.4) is 0 Å². The summed E-state index contributed by atoms with van der Waals surface area (Å²) in [5, 5.41) is 13.1. The van der Waals surface area contributed by atoms with E-state index in [4.69, 9.17) is 23.2 Å². The molecule has 3 rings (SSSR count). The van der Waals surface area contributed by atoms with E-state index in [1.54, 1.807) is 18.2 Å². The average molecular weight is 493 g/mol. The van der Waals surface area contributed by atoms with E-state index in [0.717, 1.165) is 17.8 Å². The normalized spacial score (nSPS) is 13.2. The van der Waals surface area contributed by atoms with Gasteiger partial charge in [0.05, 0.1) is 36.6 Å². The number of hydrogen-bond donors (Lipinski definition) is 2. The van der Waals surface area contributed by atoms with Crippen molar-refractivity contribution in [1.82, 2.24) is 14.8 Å². The zero-order valence-electron chi connectivity index (χ0n) is 18.6. The van der Waals surface area contributed by atoms with Crippen LogP contribution in [0.5, 0.6) is 0 Å². The number of aromatic nitrogens is 3. The third kappa shape index (κ3) is 6.04. The van der Waals surface area contributed by atoms with E-state index in [1.165, 1.54) is 16.7 Å². The Balaban J connectivity index is 1.85. The Bertz CT molecular complexity index is 1060. The minimum absolute atomic E-state index is 0.180. The van der Waals surface area contributed by atoms with Crippen molar-refractivity contribution in [2.24, 2.45) is 0 Å². The summed E-state index contributed by atoms with van der Waals surface area (Å²) in [7, 11) is 4.24. The molecule has 1 amide bonds. The predicted molar refractivity (Wildman–Crippen MR) is 132 cm³/mol. The standard InChI is InChI=1S/C23H27Cl2N5OS/c1-5-20(29(3)4)21-27-28-23(30(21)14-16-9-7-6-8-10-16)32-15(2)22(31)26-19-13-17(24)11-12-18(19)25/h6-13,15,20H,5,14H2,1-4H3,(H,26,31)/p+1/t15-,20-/m0/s1. The lowest BCUT2D eigenvalue weighted by atomic mass is 10.2. The van der Waals surface area contributed by atoms with Gasteiger partial charge in [-0.2, -0.15) is 0 Å². The van der Waals surface area contributed by atoms with E-state index < -0.39 is 5.25 Å². The van der Waals surface area contributed by atoms with Crippen LogP contribution in [0.2, 0.25) is 10.0 Å². The number of benzene rings is 2. The Kier molecular flexibility index (Phi) is 8.59. The first kappa shape index (κ1) is 24.6. The maximum absolute atomic E-state index is 12.9. The molecule has 1 heterocycles. The summed E-state index contributed by atoms with van der Waals surface area (Å²) in [6.45, 7) is 4.63. The number of anilines is 1. The fourth-order valence-corrected chi connectivity index (χ4v) is 4.64. The van der Waals surface area contributed by atoms with Crippen LogP contribution in [-0.2, 0) is 11.3 Å². The minimum atomic E-state index is -0.414. The molecule has 2 aromatic carbocycles. The summed E-state index contributed by atoms with van der Waals surface area (Å²) in [5.74, 6) is 0.740. The lowest BCUT2D eigenvalue weighted by molar-refractivity contribution is -0.893. The van der Waals surface area contributed by atoms with Gasteiger partial charge in [0.15, 0.2) is 11.0 Å². The lowest BCUT2D eigenvalue weighted by Gasteiger charge is -2.21. The lowest BCUT2D eigenvalue weighted by Crippen LogP contribution is -3.06.